The second-order valence-electron chi connectivity index (χ2n) is 4.12. The van der Waals surface area contributed by atoms with Gasteiger partial charge in [-0.3, -0.25) is 0 Å². The average molecular weight is 271 g/mol. The smallest absolute Gasteiger partial charge is 0.321 e. The lowest BCUT2D eigenvalue weighted by Gasteiger charge is -2.21. The van der Waals surface area contributed by atoms with Crippen molar-refractivity contribution in [3.8, 4) is 0 Å². The lowest BCUT2D eigenvalue weighted by atomic mass is 10.2. The number of amides is 2. The fourth-order valence-electron chi connectivity index (χ4n) is 1.62. The molecule has 1 aromatic rings. The quantitative estimate of drug-likeness (QED) is 0.864. The minimum absolute atomic E-state index is 0.0466. The van der Waals surface area contributed by atoms with Crippen LogP contribution in [-0.4, -0.2) is 35.7 Å². The van der Waals surface area contributed by atoms with Crippen molar-refractivity contribution in [2.75, 3.05) is 25.0 Å². The number of aryl methyl sites for hydroxylation is 1. The van der Waals surface area contributed by atoms with Crippen LogP contribution in [0.3, 0.4) is 0 Å². The Bertz CT molecular complexity index is 404. The normalized spacial score (nSPS) is 10.2. The minimum Gasteiger partial charge on any atom is -0.395 e. The van der Waals surface area contributed by atoms with Gasteiger partial charge in [0.25, 0.3) is 0 Å². The van der Waals surface area contributed by atoms with E-state index in [-0.39, 0.29) is 12.6 Å². The molecule has 0 atom stereocenters. The first kappa shape index (κ1) is 14.8. The van der Waals surface area contributed by atoms with Gasteiger partial charge in [-0.1, -0.05) is 24.6 Å². The molecule has 0 aliphatic rings. The Morgan fingerprint density at radius 3 is 2.72 bits per heavy atom. The molecule has 0 radical (unpaired) electrons. The predicted octanol–water partition coefficient (Wildman–Crippen LogP) is 2.88. The molecule has 18 heavy (non-hydrogen) atoms. The molecule has 1 aromatic carbocycles. The van der Waals surface area contributed by atoms with Gasteiger partial charge in [0, 0.05) is 13.1 Å². The van der Waals surface area contributed by atoms with Crippen LogP contribution >= 0.6 is 11.6 Å². The molecule has 0 spiro atoms. The third-order valence-electron chi connectivity index (χ3n) is 2.52. The van der Waals surface area contributed by atoms with Crippen molar-refractivity contribution in [1.82, 2.24) is 4.90 Å². The number of anilines is 1. The van der Waals surface area contributed by atoms with Gasteiger partial charge in [-0.2, -0.15) is 0 Å². The zero-order chi connectivity index (χ0) is 13.5. The third-order valence-corrected chi connectivity index (χ3v) is 2.83. The number of hydrogen-bond donors (Lipinski definition) is 2. The number of benzene rings is 1. The summed E-state index contributed by atoms with van der Waals surface area (Å²) in [4.78, 5) is 13.5. The van der Waals surface area contributed by atoms with Crippen LogP contribution in [0.2, 0.25) is 5.02 Å². The molecule has 2 amide bonds. The van der Waals surface area contributed by atoms with Crippen molar-refractivity contribution in [1.29, 1.82) is 0 Å². The number of hydrogen-bond acceptors (Lipinski definition) is 2. The molecule has 0 saturated heterocycles. The molecule has 0 unspecified atom stereocenters. The zero-order valence-corrected chi connectivity index (χ0v) is 11.5. The van der Waals surface area contributed by atoms with Crippen molar-refractivity contribution in [3.63, 3.8) is 0 Å². The highest BCUT2D eigenvalue weighted by Gasteiger charge is 2.13. The highest BCUT2D eigenvalue weighted by Crippen LogP contribution is 2.22. The number of urea groups is 1. The Kier molecular flexibility index (Phi) is 5.95. The average Bonchev–Trinajstić information content (AvgIpc) is 2.32. The molecule has 4 nitrogen and oxygen atoms in total. The van der Waals surface area contributed by atoms with E-state index in [4.69, 9.17) is 16.7 Å². The molecule has 0 aromatic heterocycles. The molecule has 100 valence electrons. The van der Waals surface area contributed by atoms with Crippen LogP contribution in [0.1, 0.15) is 18.9 Å². The molecule has 0 heterocycles. The fourth-order valence-corrected chi connectivity index (χ4v) is 1.90. The number of nitrogens with zero attached hydrogens (tertiary/aromatic N) is 1. The highest BCUT2D eigenvalue weighted by molar-refractivity contribution is 6.33. The molecular weight excluding hydrogens is 252 g/mol. The van der Waals surface area contributed by atoms with Crippen molar-refractivity contribution < 1.29 is 9.90 Å². The monoisotopic (exact) mass is 270 g/mol. The third kappa shape index (κ3) is 4.20. The van der Waals surface area contributed by atoms with Gasteiger partial charge in [-0.05, 0) is 31.0 Å². The molecule has 0 saturated carbocycles. The summed E-state index contributed by atoms with van der Waals surface area (Å²) in [5.41, 5.74) is 1.63. The molecule has 5 heteroatoms. The molecular formula is C13H19ClN2O2. The van der Waals surface area contributed by atoms with E-state index >= 15 is 0 Å². The van der Waals surface area contributed by atoms with E-state index in [2.05, 4.69) is 5.32 Å². The first-order valence-corrected chi connectivity index (χ1v) is 6.39. The van der Waals surface area contributed by atoms with E-state index in [0.717, 1.165) is 12.0 Å². The Labute approximate surface area is 113 Å². The molecule has 0 aliphatic carbocycles. The lowest BCUT2D eigenvalue weighted by molar-refractivity contribution is 0.188. The predicted molar refractivity (Wildman–Crippen MR) is 74.2 cm³/mol. The Morgan fingerprint density at radius 1 is 1.44 bits per heavy atom. The highest BCUT2D eigenvalue weighted by atomic mass is 35.5. The van der Waals surface area contributed by atoms with Crippen molar-refractivity contribution in [2.24, 2.45) is 0 Å². The molecule has 0 aliphatic heterocycles. The fraction of sp³-hybridized carbons (Fsp3) is 0.462. The number of aliphatic hydroxyl groups excluding tert-OH is 1. The summed E-state index contributed by atoms with van der Waals surface area (Å²) in [7, 11) is 0. The van der Waals surface area contributed by atoms with E-state index < -0.39 is 0 Å². The lowest BCUT2D eigenvalue weighted by Crippen LogP contribution is -2.37. The first-order valence-electron chi connectivity index (χ1n) is 6.01. The summed E-state index contributed by atoms with van der Waals surface area (Å²) in [6.45, 7) is 4.80. The molecule has 0 fully saturated rings. The van der Waals surface area contributed by atoms with Crippen LogP contribution in [0, 0.1) is 6.92 Å². The van der Waals surface area contributed by atoms with Gasteiger partial charge in [0.15, 0.2) is 0 Å². The largest absolute Gasteiger partial charge is 0.395 e. The van der Waals surface area contributed by atoms with Crippen LogP contribution in [0.5, 0.6) is 0 Å². The van der Waals surface area contributed by atoms with Gasteiger partial charge < -0.3 is 15.3 Å². The van der Waals surface area contributed by atoms with Crippen LogP contribution in [0.25, 0.3) is 0 Å². The second kappa shape index (κ2) is 7.24. The van der Waals surface area contributed by atoms with Gasteiger partial charge >= 0.3 is 6.03 Å². The summed E-state index contributed by atoms with van der Waals surface area (Å²) in [5.74, 6) is 0. The topological polar surface area (TPSA) is 52.6 Å². The van der Waals surface area contributed by atoms with E-state index in [0.29, 0.717) is 23.8 Å². The molecule has 1 rings (SSSR count). The zero-order valence-electron chi connectivity index (χ0n) is 10.7. The molecule has 0 bridgehead atoms. The Balaban J connectivity index is 2.72. The number of carbonyl (C=O) groups excluding carboxylic acids is 1. The van der Waals surface area contributed by atoms with Crippen LogP contribution in [-0.2, 0) is 0 Å². The minimum atomic E-state index is -0.239. The maximum absolute atomic E-state index is 12.0. The number of carbonyl (C=O) groups is 1. The van der Waals surface area contributed by atoms with Crippen LogP contribution in [0.15, 0.2) is 18.2 Å². The van der Waals surface area contributed by atoms with Gasteiger partial charge in [-0.25, -0.2) is 4.79 Å². The molecule has 2 N–H and O–H groups in total. The summed E-state index contributed by atoms with van der Waals surface area (Å²) in [5, 5.41) is 12.2. The maximum atomic E-state index is 12.0. The number of halogens is 1. The van der Waals surface area contributed by atoms with Crippen molar-refractivity contribution >= 4 is 23.3 Å². The van der Waals surface area contributed by atoms with E-state index in [1.807, 2.05) is 19.9 Å². The Hall–Kier alpha value is -1.26. The van der Waals surface area contributed by atoms with E-state index in [1.54, 1.807) is 17.0 Å². The van der Waals surface area contributed by atoms with Crippen LogP contribution in [0.4, 0.5) is 10.5 Å². The Morgan fingerprint density at radius 2 is 2.17 bits per heavy atom. The summed E-state index contributed by atoms with van der Waals surface area (Å²) >= 11 is 6.05. The number of aliphatic hydroxyl groups is 1. The van der Waals surface area contributed by atoms with Gasteiger partial charge in [0.05, 0.1) is 17.3 Å². The van der Waals surface area contributed by atoms with Gasteiger partial charge in [0.1, 0.15) is 0 Å². The maximum Gasteiger partial charge on any atom is 0.321 e. The van der Waals surface area contributed by atoms with Crippen molar-refractivity contribution in [3.05, 3.63) is 28.8 Å². The van der Waals surface area contributed by atoms with Crippen LogP contribution < -0.4 is 5.32 Å². The number of nitrogens with one attached hydrogen (secondary N) is 1. The SMILES string of the molecule is CCCN(CCO)C(=O)Nc1ccc(C)cc1Cl. The summed E-state index contributed by atoms with van der Waals surface area (Å²) < 4.78 is 0. The summed E-state index contributed by atoms with van der Waals surface area (Å²) in [6, 6.07) is 5.22. The van der Waals surface area contributed by atoms with E-state index in [9.17, 15) is 4.79 Å². The first-order chi connectivity index (χ1) is 8.58. The van der Waals surface area contributed by atoms with Crippen molar-refractivity contribution in [2.45, 2.75) is 20.3 Å². The standard InChI is InChI=1S/C13H19ClN2O2/c1-3-6-16(7-8-17)13(18)15-12-5-4-10(2)9-11(12)14/h4-5,9,17H,3,6-8H2,1-2H3,(H,15,18). The van der Waals surface area contributed by atoms with Gasteiger partial charge in [0.2, 0.25) is 0 Å². The van der Waals surface area contributed by atoms with Gasteiger partial charge in [-0.15, -0.1) is 0 Å². The summed E-state index contributed by atoms with van der Waals surface area (Å²) in [6.07, 6.45) is 0.842. The van der Waals surface area contributed by atoms with E-state index in [1.165, 1.54) is 0 Å². The second-order valence-corrected chi connectivity index (χ2v) is 4.53. The number of rotatable bonds is 5.